The molecule has 1 aliphatic rings. The molecule has 1 N–H and O–H groups in total. The molecule has 1 aromatic heterocycles. The number of rotatable bonds is 3. The number of piperidine rings is 1. The van der Waals surface area contributed by atoms with Gasteiger partial charge in [-0.3, -0.25) is 4.57 Å². The van der Waals surface area contributed by atoms with E-state index in [-0.39, 0.29) is 0 Å². The molecule has 1 fully saturated rings. The molecular weight excluding hydrogens is 232 g/mol. The van der Waals surface area contributed by atoms with Crippen LogP contribution in [0.5, 0.6) is 0 Å². The second kappa shape index (κ2) is 5.21. The molecule has 0 bridgehead atoms. The fraction of sp³-hybridized carbons (Fsp3) is 0.833. The Bertz CT molecular complexity index is 412. The normalized spacial score (nSPS) is 25.2. The minimum Gasteiger partial charge on any atom is -0.340 e. The van der Waals surface area contributed by atoms with E-state index in [0.29, 0.717) is 0 Å². The Labute approximate surface area is 108 Å². The van der Waals surface area contributed by atoms with E-state index < -0.39 is 0 Å². The second-order valence-electron chi connectivity index (χ2n) is 5.33. The van der Waals surface area contributed by atoms with Gasteiger partial charge < -0.3 is 4.90 Å². The summed E-state index contributed by atoms with van der Waals surface area (Å²) in [5, 5.41) is 7.32. The second-order valence-corrected chi connectivity index (χ2v) is 5.72. The van der Waals surface area contributed by atoms with E-state index in [9.17, 15) is 0 Å². The van der Waals surface area contributed by atoms with Crippen LogP contribution in [-0.4, -0.2) is 27.9 Å². The molecular formula is C12H22N4S. The highest BCUT2D eigenvalue weighted by molar-refractivity contribution is 7.71. The topological polar surface area (TPSA) is 36.9 Å². The zero-order valence-corrected chi connectivity index (χ0v) is 11.8. The van der Waals surface area contributed by atoms with Gasteiger partial charge in [0.1, 0.15) is 0 Å². The molecule has 5 heteroatoms. The largest absolute Gasteiger partial charge is 0.340 e. The van der Waals surface area contributed by atoms with Gasteiger partial charge in [-0.15, -0.1) is 5.10 Å². The van der Waals surface area contributed by atoms with Crippen molar-refractivity contribution in [2.75, 3.05) is 18.0 Å². The molecule has 96 valence electrons. The SMILES string of the molecule is CCCn1c(N2CC(C)CC(C)C2)n[nH]c1=S. The van der Waals surface area contributed by atoms with Crippen LogP contribution < -0.4 is 4.90 Å². The highest BCUT2D eigenvalue weighted by Gasteiger charge is 2.25. The minimum absolute atomic E-state index is 0.735. The molecule has 0 saturated carbocycles. The van der Waals surface area contributed by atoms with Crippen molar-refractivity contribution >= 4 is 18.2 Å². The first kappa shape index (κ1) is 12.6. The highest BCUT2D eigenvalue weighted by atomic mass is 32.1. The standard InChI is InChI=1S/C12H22N4S/c1-4-5-16-11(13-14-12(16)17)15-7-9(2)6-10(3)8-15/h9-10H,4-8H2,1-3H3,(H,14,17). The molecule has 2 heterocycles. The van der Waals surface area contributed by atoms with Crippen LogP contribution in [0.3, 0.4) is 0 Å². The lowest BCUT2D eigenvalue weighted by atomic mass is 9.92. The number of hydrogen-bond donors (Lipinski definition) is 1. The smallest absolute Gasteiger partial charge is 0.225 e. The van der Waals surface area contributed by atoms with Gasteiger partial charge in [-0.1, -0.05) is 20.8 Å². The predicted molar refractivity (Wildman–Crippen MR) is 72.9 cm³/mol. The van der Waals surface area contributed by atoms with Crippen molar-refractivity contribution in [3.8, 4) is 0 Å². The molecule has 0 spiro atoms. The van der Waals surface area contributed by atoms with E-state index in [1.54, 1.807) is 0 Å². The number of aromatic nitrogens is 3. The predicted octanol–water partition coefficient (Wildman–Crippen LogP) is 2.83. The summed E-state index contributed by atoms with van der Waals surface area (Å²) in [6.45, 7) is 9.92. The third-order valence-corrected chi connectivity index (χ3v) is 3.65. The molecule has 1 aliphatic heterocycles. The van der Waals surface area contributed by atoms with E-state index in [0.717, 1.165) is 48.6 Å². The van der Waals surface area contributed by atoms with Crippen molar-refractivity contribution in [1.29, 1.82) is 0 Å². The van der Waals surface area contributed by atoms with Gasteiger partial charge in [-0.05, 0) is 36.9 Å². The Hall–Kier alpha value is -0.840. The Morgan fingerprint density at radius 2 is 2.00 bits per heavy atom. The van der Waals surface area contributed by atoms with Gasteiger partial charge in [0.25, 0.3) is 0 Å². The van der Waals surface area contributed by atoms with Gasteiger partial charge >= 0.3 is 0 Å². The first-order chi connectivity index (χ1) is 8.11. The molecule has 0 aromatic carbocycles. The average Bonchev–Trinajstić information content (AvgIpc) is 2.60. The maximum Gasteiger partial charge on any atom is 0.225 e. The first-order valence-corrected chi connectivity index (χ1v) is 6.92. The summed E-state index contributed by atoms with van der Waals surface area (Å²) in [6.07, 6.45) is 2.40. The molecule has 2 atom stereocenters. The minimum atomic E-state index is 0.735. The van der Waals surface area contributed by atoms with Crippen LogP contribution in [0, 0.1) is 16.6 Å². The molecule has 1 saturated heterocycles. The Morgan fingerprint density at radius 3 is 2.59 bits per heavy atom. The summed E-state index contributed by atoms with van der Waals surface area (Å²) in [5.41, 5.74) is 0. The van der Waals surface area contributed by atoms with Crippen LogP contribution in [0.25, 0.3) is 0 Å². The lowest BCUT2D eigenvalue weighted by molar-refractivity contribution is 0.351. The van der Waals surface area contributed by atoms with Crippen LogP contribution in [0.1, 0.15) is 33.6 Å². The molecule has 2 unspecified atom stereocenters. The first-order valence-electron chi connectivity index (χ1n) is 6.52. The molecule has 0 amide bonds. The third-order valence-electron chi connectivity index (χ3n) is 3.34. The van der Waals surface area contributed by atoms with Gasteiger partial charge in [0.15, 0.2) is 4.77 Å². The van der Waals surface area contributed by atoms with Gasteiger partial charge in [-0.2, -0.15) is 0 Å². The maximum absolute atomic E-state index is 5.28. The van der Waals surface area contributed by atoms with Crippen LogP contribution in [0.15, 0.2) is 0 Å². The molecule has 2 rings (SSSR count). The van der Waals surface area contributed by atoms with Crippen molar-refractivity contribution in [3.05, 3.63) is 4.77 Å². The molecule has 0 aliphatic carbocycles. The van der Waals surface area contributed by atoms with E-state index in [2.05, 4.69) is 40.4 Å². The molecule has 4 nitrogen and oxygen atoms in total. The van der Waals surface area contributed by atoms with Crippen molar-refractivity contribution in [1.82, 2.24) is 14.8 Å². The highest BCUT2D eigenvalue weighted by Crippen LogP contribution is 2.25. The maximum atomic E-state index is 5.28. The number of H-pyrrole nitrogens is 1. The summed E-state index contributed by atoms with van der Waals surface area (Å²) < 4.78 is 2.87. The Morgan fingerprint density at radius 1 is 1.35 bits per heavy atom. The zero-order valence-electron chi connectivity index (χ0n) is 10.9. The third kappa shape index (κ3) is 2.70. The summed E-state index contributed by atoms with van der Waals surface area (Å²) in [6, 6.07) is 0. The van der Waals surface area contributed by atoms with E-state index in [1.807, 2.05) is 0 Å². The number of nitrogens with one attached hydrogen (secondary N) is 1. The number of nitrogens with zero attached hydrogens (tertiary/aromatic N) is 3. The lowest BCUT2D eigenvalue weighted by Crippen LogP contribution is -2.40. The van der Waals surface area contributed by atoms with Gasteiger partial charge in [0.2, 0.25) is 5.95 Å². The fourth-order valence-corrected chi connectivity index (χ4v) is 3.02. The van der Waals surface area contributed by atoms with Crippen molar-refractivity contribution in [3.63, 3.8) is 0 Å². The van der Waals surface area contributed by atoms with E-state index in [4.69, 9.17) is 12.2 Å². The van der Waals surface area contributed by atoms with Crippen molar-refractivity contribution in [2.24, 2.45) is 11.8 Å². The molecule has 1 aromatic rings. The van der Waals surface area contributed by atoms with E-state index >= 15 is 0 Å². The summed E-state index contributed by atoms with van der Waals surface area (Å²) >= 11 is 5.28. The Balaban J connectivity index is 2.24. The number of hydrogen-bond acceptors (Lipinski definition) is 3. The van der Waals surface area contributed by atoms with Crippen molar-refractivity contribution < 1.29 is 0 Å². The average molecular weight is 254 g/mol. The van der Waals surface area contributed by atoms with Crippen molar-refractivity contribution in [2.45, 2.75) is 40.2 Å². The van der Waals surface area contributed by atoms with Gasteiger partial charge in [-0.25, -0.2) is 5.10 Å². The van der Waals surface area contributed by atoms with Crippen LogP contribution >= 0.6 is 12.2 Å². The van der Waals surface area contributed by atoms with Gasteiger partial charge in [0, 0.05) is 19.6 Å². The van der Waals surface area contributed by atoms with Gasteiger partial charge in [0.05, 0.1) is 0 Å². The quantitative estimate of drug-likeness (QED) is 0.843. The number of anilines is 1. The van der Waals surface area contributed by atoms with Crippen LogP contribution in [0.4, 0.5) is 5.95 Å². The van der Waals surface area contributed by atoms with E-state index in [1.165, 1.54) is 6.42 Å². The Kier molecular flexibility index (Phi) is 3.86. The lowest BCUT2D eigenvalue weighted by Gasteiger charge is -2.35. The van der Waals surface area contributed by atoms with Crippen LogP contribution in [-0.2, 0) is 6.54 Å². The summed E-state index contributed by atoms with van der Waals surface area (Å²) in [7, 11) is 0. The van der Waals surface area contributed by atoms with Crippen LogP contribution in [0.2, 0.25) is 0 Å². The fourth-order valence-electron chi connectivity index (χ4n) is 2.80. The molecule has 17 heavy (non-hydrogen) atoms. The monoisotopic (exact) mass is 254 g/mol. The zero-order chi connectivity index (χ0) is 12.4. The molecule has 0 radical (unpaired) electrons. The number of aromatic amines is 1. The summed E-state index contributed by atoms with van der Waals surface area (Å²) in [4.78, 5) is 2.38. The summed E-state index contributed by atoms with van der Waals surface area (Å²) in [5.74, 6) is 2.49.